The summed E-state index contributed by atoms with van der Waals surface area (Å²) in [6.45, 7) is 8.78. The number of carbonyl (C=O) groups is 1. The van der Waals surface area contributed by atoms with Gasteiger partial charge in [-0.3, -0.25) is 9.69 Å². The van der Waals surface area contributed by atoms with Gasteiger partial charge < -0.3 is 10.2 Å². The summed E-state index contributed by atoms with van der Waals surface area (Å²) >= 11 is 0. The van der Waals surface area contributed by atoms with Crippen LogP contribution in [0.3, 0.4) is 0 Å². The van der Waals surface area contributed by atoms with E-state index in [1.807, 2.05) is 11.8 Å². The number of aliphatic hydroxyl groups is 1. The third-order valence-corrected chi connectivity index (χ3v) is 2.94. The lowest BCUT2D eigenvalue weighted by Crippen LogP contribution is -2.38. The van der Waals surface area contributed by atoms with E-state index in [1.54, 1.807) is 32.0 Å². The Balaban J connectivity index is 2.90. The Morgan fingerprint density at radius 1 is 1.37 bits per heavy atom. The molecule has 0 amide bonds. The number of likely N-dealkylation sites (N-methyl/N-ethyl adjacent to an activating group) is 1. The molecule has 0 aliphatic heterocycles. The average Bonchev–Trinajstić information content (AvgIpc) is 2.28. The zero-order valence-electron chi connectivity index (χ0n) is 12.1. The van der Waals surface area contributed by atoms with Crippen LogP contribution in [0.2, 0.25) is 0 Å². The number of hydrogen-bond donors (Lipinski definition) is 2. The highest BCUT2D eigenvalue weighted by molar-refractivity contribution is 5.94. The van der Waals surface area contributed by atoms with Gasteiger partial charge in [-0.1, -0.05) is 6.92 Å². The van der Waals surface area contributed by atoms with Gasteiger partial charge in [-0.2, -0.15) is 0 Å². The number of benzene rings is 1. The monoisotopic (exact) mass is 265 g/mol. The minimum atomic E-state index is -0.788. The molecule has 0 bridgehead atoms. The second-order valence-corrected chi connectivity index (χ2v) is 5.52. The van der Waals surface area contributed by atoms with E-state index in [9.17, 15) is 15.0 Å². The van der Waals surface area contributed by atoms with Gasteiger partial charge in [0.2, 0.25) is 0 Å². The molecule has 1 aromatic rings. The van der Waals surface area contributed by atoms with E-state index < -0.39 is 5.60 Å². The van der Waals surface area contributed by atoms with Crippen molar-refractivity contribution in [2.75, 3.05) is 13.1 Å². The van der Waals surface area contributed by atoms with Crippen LogP contribution >= 0.6 is 0 Å². The van der Waals surface area contributed by atoms with E-state index in [-0.39, 0.29) is 11.5 Å². The summed E-state index contributed by atoms with van der Waals surface area (Å²) < 4.78 is 0. The van der Waals surface area contributed by atoms with Gasteiger partial charge in [-0.05, 0) is 45.5 Å². The van der Waals surface area contributed by atoms with Crippen molar-refractivity contribution in [2.24, 2.45) is 0 Å². The van der Waals surface area contributed by atoms with Gasteiger partial charge >= 0.3 is 0 Å². The van der Waals surface area contributed by atoms with Crippen molar-refractivity contribution in [3.8, 4) is 5.75 Å². The minimum absolute atomic E-state index is 0.0215. The van der Waals surface area contributed by atoms with Crippen LogP contribution in [0.15, 0.2) is 18.2 Å². The maximum atomic E-state index is 11.4. The van der Waals surface area contributed by atoms with Gasteiger partial charge in [-0.25, -0.2) is 0 Å². The van der Waals surface area contributed by atoms with Gasteiger partial charge in [0, 0.05) is 24.2 Å². The number of phenols is 1. The number of aromatic hydroxyl groups is 1. The molecule has 4 heteroatoms. The van der Waals surface area contributed by atoms with Crippen LogP contribution in [-0.2, 0) is 6.54 Å². The summed E-state index contributed by atoms with van der Waals surface area (Å²) in [5.41, 5.74) is 0.509. The highest BCUT2D eigenvalue weighted by Gasteiger charge is 2.18. The van der Waals surface area contributed by atoms with Gasteiger partial charge in [0.15, 0.2) is 5.78 Å². The van der Waals surface area contributed by atoms with Crippen LogP contribution in [0.25, 0.3) is 0 Å². The maximum absolute atomic E-state index is 11.4. The Labute approximate surface area is 114 Å². The van der Waals surface area contributed by atoms with Gasteiger partial charge in [-0.15, -0.1) is 0 Å². The first-order chi connectivity index (χ1) is 8.73. The summed E-state index contributed by atoms with van der Waals surface area (Å²) in [6, 6.07) is 4.88. The number of phenolic OH excluding ortho intramolecular Hbond substituents is 1. The Morgan fingerprint density at radius 3 is 2.47 bits per heavy atom. The molecule has 0 spiro atoms. The number of hydrogen-bond acceptors (Lipinski definition) is 4. The summed E-state index contributed by atoms with van der Waals surface area (Å²) in [6.07, 6.45) is 0. The van der Waals surface area contributed by atoms with E-state index in [0.717, 1.165) is 6.54 Å². The van der Waals surface area contributed by atoms with Crippen LogP contribution in [0, 0.1) is 0 Å². The third kappa shape index (κ3) is 5.01. The SMILES string of the molecule is CCN(Cc1cc(C(C)=O)ccc1O)CC(C)(C)O. The van der Waals surface area contributed by atoms with Crippen molar-refractivity contribution >= 4 is 5.78 Å². The van der Waals surface area contributed by atoms with E-state index in [0.29, 0.717) is 24.2 Å². The average molecular weight is 265 g/mol. The van der Waals surface area contributed by atoms with Crippen LogP contribution in [0.5, 0.6) is 5.75 Å². The Hall–Kier alpha value is -1.39. The Kier molecular flexibility index (Phi) is 5.09. The first-order valence-electron chi connectivity index (χ1n) is 6.50. The predicted molar refractivity (Wildman–Crippen MR) is 75.4 cm³/mol. The second-order valence-electron chi connectivity index (χ2n) is 5.52. The van der Waals surface area contributed by atoms with Crippen LogP contribution in [-0.4, -0.2) is 39.6 Å². The molecule has 106 valence electrons. The lowest BCUT2D eigenvalue weighted by atomic mass is 10.1. The normalized spacial score (nSPS) is 11.9. The summed E-state index contributed by atoms with van der Waals surface area (Å²) in [5.74, 6) is 0.158. The molecule has 1 rings (SSSR count). The van der Waals surface area contributed by atoms with Crippen LogP contribution in [0.1, 0.15) is 43.6 Å². The number of carbonyl (C=O) groups excluding carboxylic acids is 1. The van der Waals surface area contributed by atoms with Gasteiger partial charge in [0.05, 0.1) is 5.60 Å². The van der Waals surface area contributed by atoms with Crippen molar-refractivity contribution in [2.45, 2.75) is 39.8 Å². The van der Waals surface area contributed by atoms with E-state index in [4.69, 9.17) is 0 Å². The lowest BCUT2D eigenvalue weighted by molar-refractivity contribution is 0.0351. The zero-order valence-corrected chi connectivity index (χ0v) is 12.1. The van der Waals surface area contributed by atoms with E-state index >= 15 is 0 Å². The van der Waals surface area contributed by atoms with E-state index in [2.05, 4.69) is 0 Å². The molecule has 0 saturated heterocycles. The molecule has 0 aliphatic carbocycles. The summed E-state index contributed by atoms with van der Waals surface area (Å²) in [5, 5.41) is 19.7. The fourth-order valence-corrected chi connectivity index (χ4v) is 2.00. The molecule has 0 heterocycles. The number of Topliss-reactive ketones (excluding diaryl/α,β-unsaturated/α-hetero) is 1. The molecule has 0 unspecified atom stereocenters. The van der Waals surface area contributed by atoms with E-state index in [1.165, 1.54) is 6.92 Å². The van der Waals surface area contributed by atoms with Gasteiger partial charge in [0.25, 0.3) is 0 Å². The van der Waals surface area contributed by atoms with Crippen molar-refractivity contribution < 1.29 is 15.0 Å². The smallest absolute Gasteiger partial charge is 0.159 e. The highest BCUT2D eigenvalue weighted by atomic mass is 16.3. The topological polar surface area (TPSA) is 60.8 Å². The molecule has 4 nitrogen and oxygen atoms in total. The molecular formula is C15H23NO3. The van der Waals surface area contributed by atoms with Crippen molar-refractivity contribution in [3.05, 3.63) is 29.3 Å². The fourth-order valence-electron chi connectivity index (χ4n) is 2.00. The molecule has 0 radical (unpaired) electrons. The summed E-state index contributed by atoms with van der Waals surface area (Å²) in [7, 11) is 0. The fraction of sp³-hybridized carbons (Fsp3) is 0.533. The van der Waals surface area contributed by atoms with Crippen LogP contribution < -0.4 is 0 Å². The number of rotatable bonds is 6. The zero-order chi connectivity index (χ0) is 14.6. The highest BCUT2D eigenvalue weighted by Crippen LogP contribution is 2.21. The molecular weight excluding hydrogens is 242 g/mol. The molecule has 0 aromatic heterocycles. The van der Waals surface area contributed by atoms with Crippen molar-refractivity contribution in [1.29, 1.82) is 0 Å². The molecule has 0 atom stereocenters. The first kappa shape index (κ1) is 15.7. The third-order valence-electron chi connectivity index (χ3n) is 2.94. The molecule has 19 heavy (non-hydrogen) atoms. The molecule has 1 aromatic carbocycles. The predicted octanol–water partition coefficient (Wildman–Crippen LogP) is 2.19. The quantitative estimate of drug-likeness (QED) is 0.774. The second kappa shape index (κ2) is 6.17. The number of nitrogens with zero attached hydrogens (tertiary/aromatic N) is 1. The Bertz CT molecular complexity index is 449. The Morgan fingerprint density at radius 2 is 2.00 bits per heavy atom. The van der Waals surface area contributed by atoms with Crippen LogP contribution in [0.4, 0.5) is 0 Å². The lowest BCUT2D eigenvalue weighted by Gasteiger charge is -2.28. The van der Waals surface area contributed by atoms with Crippen molar-refractivity contribution in [3.63, 3.8) is 0 Å². The molecule has 0 fully saturated rings. The molecule has 0 saturated carbocycles. The summed E-state index contributed by atoms with van der Waals surface area (Å²) in [4.78, 5) is 13.4. The minimum Gasteiger partial charge on any atom is -0.508 e. The van der Waals surface area contributed by atoms with Crippen molar-refractivity contribution in [1.82, 2.24) is 4.90 Å². The first-order valence-corrected chi connectivity index (χ1v) is 6.50. The standard InChI is InChI=1S/C15H23NO3/c1-5-16(10-15(3,4)19)9-13-8-12(11(2)17)6-7-14(13)18/h6-8,18-19H,5,9-10H2,1-4H3. The van der Waals surface area contributed by atoms with Gasteiger partial charge in [0.1, 0.15) is 5.75 Å². The number of ketones is 1. The maximum Gasteiger partial charge on any atom is 0.159 e. The largest absolute Gasteiger partial charge is 0.508 e. The molecule has 2 N–H and O–H groups in total. The molecule has 0 aliphatic rings.